The molecule has 2 heterocycles. The highest BCUT2D eigenvalue weighted by atomic mass is 35.5. The molecule has 0 bridgehead atoms. The lowest BCUT2D eigenvalue weighted by molar-refractivity contribution is 0.0950. The maximum absolute atomic E-state index is 11.8. The molecule has 1 aliphatic heterocycles. The molecule has 8 heteroatoms. The highest BCUT2D eigenvalue weighted by Gasteiger charge is 2.12. The van der Waals surface area contributed by atoms with Gasteiger partial charge in [-0.1, -0.05) is 0 Å². The van der Waals surface area contributed by atoms with Crippen molar-refractivity contribution in [3.63, 3.8) is 0 Å². The molecule has 5 nitrogen and oxygen atoms in total. The summed E-state index contributed by atoms with van der Waals surface area (Å²) < 4.78 is 0. The van der Waals surface area contributed by atoms with Gasteiger partial charge in [-0.15, -0.1) is 36.2 Å². The number of thiazole rings is 1. The Kier molecular flexibility index (Phi) is 9.30. The Morgan fingerprint density at radius 1 is 1.47 bits per heavy atom. The van der Waals surface area contributed by atoms with Crippen molar-refractivity contribution in [1.82, 2.24) is 20.5 Å². The predicted octanol–water partition coefficient (Wildman–Crippen LogP) is 0.930. The van der Waals surface area contributed by atoms with Gasteiger partial charge in [0.25, 0.3) is 5.91 Å². The van der Waals surface area contributed by atoms with Crippen molar-refractivity contribution in [2.75, 3.05) is 39.3 Å². The minimum atomic E-state index is 0. The van der Waals surface area contributed by atoms with Gasteiger partial charge in [0.1, 0.15) is 4.88 Å². The van der Waals surface area contributed by atoms with Gasteiger partial charge in [0.2, 0.25) is 0 Å². The van der Waals surface area contributed by atoms with Gasteiger partial charge in [-0.2, -0.15) is 0 Å². The molecule has 1 fully saturated rings. The molecule has 0 aromatic carbocycles. The molecule has 0 unspecified atom stereocenters. The molecule has 0 aliphatic carbocycles. The molecular weight excluding hydrogens is 307 g/mol. The molecule has 0 spiro atoms. The Balaban J connectivity index is 0.00000162. The third-order valence-electron chi connectivity index (χ3n) is 2.87. The summed E-state index contributed by atoms with van der Waals surface area (Å²) in [6.07, 6.45) is 0. The zero-order valence-corrected chi connectivity index (χ0v) is 13.3. The van der Waals surface area contributed by atoms with E-state index in [1.165, 1.54) is 11.3 Å². The van der Waals surface area contributed by atoms with Crippen LogP contribution in [0.25, 0.3) is 0 Å². The van der Waals surface area contributed by atoms with Gasteiger partial charge in [-0.3, -0.25) is 9.69 Å². The fourth-order valence-corrected chi connectivity index (χ4v) is 2.58. The van der Waals surface area contributed by atoms with Crippen LogP contribution in [-0.4, -0.2) is 55.1 Å². The number of carbonyl (C=O) groups excluding carboxylic acids is 1. The average molecular weight is 327 g/mol. The maximum atomic E-state index is 11.8. The topological polar surface area (TPSA) is 57.3 Å². The molecular formula is C11H20Cl2N4OS. The quantitative estimate of drug-likeness (QED) is 0.864. The fraction of sp³-hybridized carbons (Fsp3) is 0.636. The number of nitrogens with one attached hydrogen (secondary N) is 2. The Bertz CT molecular complexity index is 383. The van der Waals surface area contributed by atoms with E-state index < -0.39 is 0 Å². The number of carbonyl (C=O) groups is 1. The van der Waals surface area contributed by atoms with Gasteiger partial charge in [-0.05, 0) is 6.92 Å². The number of nitrogens with zero attached hydrogens (tertiary/aromatic N) is 2. The van der Waals surface area contributed by atoms with E-state index in [1.54, 1.807) is 5.51 Å². The van der Waals surface area contributed by atoms with Crippen molar-refractivity contribution in [2.24, 2.45) is 0 Å². The summed E-state index contributed by atoms with van der Waals surface area (Å²) in [5.41, 5.74) is 2.52. The molecule has 0 radical (unpaired) electrons. The van der Waals surface area contributed by atoms with Gasteiger partial charge in [-0.25, -0.2) is 4.98 Å². The number of hydrogen-bond acceptors (Lipinski definition) is 5. The smallest absolute Gasteiger partial charge is 0.263 e. The highest BCUT2D eigenvalue weighted by molar-refractivity contribution is 7.11. The molecule has 2 N–H and O–H groups in total. The second-order valence-electron chi connectivity index (χ2n) is 4.11. The summed E-state index contributed by atoms with van der Waals surface area (Å²) in [7, 11) is 0. The van der Waals surface area contributed by atoms with Crippen molar-refractivity contribution >= 4 is 42.1 Å². The zero-order valence-electron chi connectivity index (χ0n) is 10.8. The molecule has 1 amide bonds. The lowest BCUT2D eigenvalue weighted by Gasteiger charge is -2.27. The van der Waals surface area contributed by atoms with E-state index in [0.29, 0.717) is 6.54 Å². The van der Waals surface area contributed by atoms with Crippen molar-refractivity contribution in [3.05, 3.63) is 16.1 Å². The maximum Gasteiger partial charge on any atom is 0.263 e. The Morgan fingerprint density at radius 2 is 2.16 bits per heavy atom. The summed E-state index contributed by atoms with van der Waals surface area (Å²) in [6.45, 7) is 7.71. The van der Waals surface area contributed by atoms with Crippen LogP contribution in [0.1, 0.15) is 15.4 Å². The van der Waals surface area contributed by atoms with Gasteiger partial charge >= 0.3 is 0 Å². The Hall–Kier alpha value is -0.400. The van der Waals surface area contributed by atoms with Crippen LogP contribution in [0.15, 0.2) is 5.51 Å². The molecule has 1 aliphatic rings. The molecule has 0 saturated carbocycles. The minimum Gasteiger partial charge on any atom is -0.350 e. The Morgan fingerprint density at radius 3 is 2.74 bits per heavy atom. The molecule has 0 atom stereocenters. The van der Waals surface area contributed by atoms with Gasteiger partial charge in [0.15, 0.2) is 0 Å². The number of piperazine rings is 1. The number of amides is 1. The number of aryl methyl sites for hydroxylation is 1. The first-order valence-corrected chi connectivity index (χ1v) is 6.76. The normalized spacial score (nSPS) is 15.2. The van der Waals surface area contributed by atoms with Crippen molar-refractivity contribution in [1.29, 1.82) is 0 Å². The van der Waals surface area contributed by atoms with E-state index in [0.717, 1.165) is 43.3 Å². The van der Waals surface area contributed by atoms with Crippen LogP contribution in [0.5, 0.6) is 0 Å². The van der Waals surface area contributed by atoms with Crippen molar-refractivity contribution < 1.29 is 4.79 Å². The van der Waals surface area contributed by atoms with E-state index in [4.69, 9.17) is 0 Å². The van der Waals surface area contributed by atoms with Crippen LogP contribution in [0.2, 0.25) is 0 Å². The van der Waals surface area contributed by atoms with Crippen LogP contribution in [0, 0.1) is 6.92 Å². The number of rotatable bonds is 4. The summed E-state index contributed by atoms with van der Waals surface area (Å²) in [5.74, 6) is 0.000124. The lowest BCUT2D eigenvalue weighted by atomic mass is 10.3. The van der Waals surface area contributed by atoms with Gasteiger partial charge in [0.05, 0.1) is 11.2 Å². The number of aromatic nitrogens is 1. The summed E-state index contributed by atoms with van der Waals surface area (Å²) in [4.78, 5) is 19.0. The molecule has 1 saturated heterocycles. The van der Waals surface area contributed by atoms with Crippen LogP contribution in [-0.2, 0) is 0 Å². The van der Waals surface area contributed by atoms with Gasteiger partial charge in [0, 0.05) is 39.3 Å². The molecule has 110 valence electrons. The molecule has 19 heavy (non-hydrogen) atoms. The predicted molar refractivity (Wildman–Crippen MR) is 83.0 cm³/mol. The highest BCUT2D eigenvalue weighted by Crippen LogP contribution is 2.11. The summed E-state index contributed by atoms with van der Waals surface area (Å²) in [6, 6.07) is 0. The molecule has 1 aromatic rings. The zero-order chi connectivity index (χ0) is 12.1. The summed E-state index contributed by atoms with van der Waals surface area (Å²) in [5, 5.41) is 6.25. The lowest BCUT2D eigenvalue weighted by Crippen LogP contribution is -2.46. The Labute approximate surface area is 130 Å². The monoisotopic (exact) mass is 326 g/mol. The largest absolute Gasteiger partial charge is 0.350 e. The van der Waals surface area contributed by atoms with E-state index >= 15 is 0 Å². The first-order valence-electron chi connectivity index (χ1n) is 5.89. The number of hydrogen-bond donors (Lipinski definition) is 2. The van der Waals surface area contributed by atoms with Crippen molar-refractivity contribution in [3.8, 4) is 0 Å². The van der Waals surface area contributed by atoms with E-state index in [-0.39, 0.29) is 30.7 Å². The first kappa shape index (κ1) is 18.6. The standard InChI is InChI=1S/C11H18N4OS.2ClH/c1-9-10(17-8-14-9)11(16)13-4-7-15-5-2-12-3-6-15;;/h8,12H,2-7H2,1H3,(H,13,16);2*1H. The van der Waals surface area contributed by atoms with Gasteiger partial charge < -0.3 is 10.6 Å². The minimum absolute atomic E-state index is 0. The van der Waals surface area contributed by atoms with Crippen LogP contribution >= 0.6 is 36.2 Å². The fourth-order valence-electron chi connectivity index (χ4n) is 1.86. The first-order chi connectivity index (χ1) is 8.27. The third-order valence-corrected chi connectivity index (χ3v) is 3.80. The van der Waals surface area contributed by atoms with E-state index in [9.17, 15) is 4.79 Å². The number of halogens is 2. The second-order valence-corrected chi connectivity index (χ2v) is 4.97. The van der Waals surface area contributed by atoms with Crippen LogP contribution in [0.3, 0.4) is 0 Å². The van der Waals surface area contributed by atoms with E-state index in [2.05, 4.69) is 20.5 Å². The van der Waals surface area contributed by atoms with Crippen LogP contribution < -0.4 is 10.6 Å². The van der Waals surface area contributed by atoms with Crippen molar-refractivity contribution in [2.45, 2.75) is 6.92 Å². The molecule has 2 rings (SSSR count). The van der Waals surface area contributed by atoms with E-state index in [1.807, 2.05) is 6.92 Å². The molecule has 1 aromatic heterocycles. The summed E-state index contributed by atoms with van der Waals surface area (Å²) >= 11 is 1.40. The second kappa shape index (κ2) is 9.50. The third kappa shape index (κ3) is 5.62. The van der Waals surface area contributed by atoms with Crippen LogP contribution in [0.4, 0.5) is 0 Å². The average Bonchev–Trinajstić information content (AvgIpc) is 2.77. The SMILES string of the molecule is Cc1ncsc1C(=O)NCCN1CCNCC1.Cl.Cl.